The van der Waals surface area contributed by atoms with Crippen LogP contribution >= 0.6 is 0 Å². The number of benzene rings is 6. The predicted molar refractivity (Wildman–Crippen MR) is 230 cm³/mol. The lowest BCUT2D eigenvalue weighted by Gasteiger charge is -2.20. The first kappa shape index (κ1) is 35.5. The van der Waals surface area contributed by atoms with Crippen LogP contribution in [0.5, 0.6) is 0 Å². The Morgan fingerprint density at radius 1 is 0.491 bits per heavy atom. The Kier molecular flexibility index (Phi) is 10.5. The van der Waals surface area contributed by atoms with Crippen molar-refractivity contribution in [1.82, 2.24) is 19.9 Å². The van der Waals surface area contributed by atoms with Crippen molar-refractivity contribution in [2.75, 3.05) is 0 Å². The first-order valence-electron chi connectivity index (χ1n) is 19.4. The number of hydrogen-bond acceptors (Lipinski definition) is 4. The van der Waals surface area contributed by atoms with Crippen LogP contribution in [0.3, 0.4) is 0 Å². The quantitative estimate of drug-likeness (QED) is 0.165. The first-order chi connectivity index (χ1) is 27.1. The summed E-state index contributed by atoms with van der Waals surface area (Å²) in [5, 5.41) is 2.49. The Balaban J connectivity index is 0.00000102. The van der Waals surface area contributed by atoms with Crippen molar-refractivity contribution >= 4 is 16.8 Å². The molecule has 8 aromatic rings. The van der Waals surface area contributed by atoms with E-state index in [0.717, 1.165) is 63.0 Å². The van der Waals surface area contributed by atoms with Gasteiger partial charge in [0.2, 0.25) is 0 Å². The fourth-order valence-electron chi connectivity index (χ4n) is 7.18. The van der Waals surface area contributed by atoms with Gasteiger partial charge in [-0.1, -0.05) is 148 Å². The molecule has 0 amide bonds. The topological polar surface area (TPSA) is 51.6 Å². The summed E-state index contributed by atoms with van der Waals surface area (Å²) in [6, 6.07) is 51.2. The first-order valence-corrected chi connectivity index (χ1v) is 19.4. The molecule has 4 heteroatoms. The molecule has 6 aromatic carbocycles. The fourth-order valence-corrected chi connectivity index (χ4v) is 7.18. The van der Waals surface area contributed by atoms with E-state index in [1.807, 2.05) is 49.5 Å². The van der Waals surface area contributed by atoms with Gasteiger partial charge in [-0.25, -0.2) is 15.0 Å². The second kappa shape index (κ2) is 16.2. The number of aryl methyl sites for hydroxylation is 2. The predicted octanol–water partition coefficient (Wildman–Crippen LogP) is 13.5. The molecule has 2 aromatic heterocycles. The monoisotopic (exact) mass is 712 g/mol. The Morgan fingerprint density at radius 2 is 1.04 bits per heavy atom. The van der Waals surface area contributed by atoms with Crippen LogP contribution in [0.2, 0.25) is 0 Å². The van der Waals surface area contributed by atoms with Gasteiger partial charge in [0.25, 0.3) is 0 Å². The van der Waals surface area contributed by atoms with Crippen molar-refractivity contribution in [2.24, 2.45) is 0 Å². The highest BCUT2D eigenvalue weighted by Crippen LogP contribution is 2.41. The minimum atomic E-state index is 0.636. The highest BCUT2D eigenvalue weighted by molar-refractivity contribution is 6.03. The molecule has 0 spiro atoms. The number of aromatic nitrogens is 4. The van der Waals surface area contributed by atoms with Gasteiger partial charge in [-0.15, -0.1) is 0 Å². The number of hydrogen-bond donors (Lipinski definition) is 0. The highest BCUT2D eigenvalue weighted by Gasteiger charge is 2.19. The van der Waals surface area contributed by atoms with E-state index in [1.54, 1.807) is 0 Å². The zero-order chi connectivity index (χ0) is 37.6. The molecule has 2 heterocycles. The third-order valence-electron chi connectivity index (χ3n) is 10.1. The normalized spacial score (nSPS) is 11.8. The highest BCUT2D eigenvalue weighted by atomic mass is 15.0. The summed E-state index contributed by atoms with van der Waals surface area (Å²) in [4.78, 5) is 19.7. The second-order valence-electron chi connectivity index (χ2n) is 14.1. The van der Waals surface area contributed by atoms with Crippen LogP contribution < -0.4 is 0 Å². The molecule has 0 saturated heterocycles. The lowest BCUT2D eigenvalue weighted by Crippen LogP contribution is -2.01. The number of nitrogens with zero attached hydrogens (tertiary/aromatic N) is 4. The van der Waals surface area contributed by atoms with E-state index in [1.165, 1.54) is 40.3 Å². The summed E-state index contributed by atoms with van der Waals surface area (Å²) < 4.78 is 0. The number of unbranched alkanes of at least 4 members (excludes halogenated alkanes) is 1. The molecular weight excluding hydrogens is 669 g/mol. The van der Waals surface area contributed by atoms with Gasteiger partial charge < -0.3 is 0 Å². The van der Waals surface area contributed by atoms with Gasteiger partial charge in [-0.2, -0.15) is 0 Å². The third kappa shape index (κ3) is 7.76. The zero-order valence-corrected chi connectivity index (χ0v) is 31.7. The largest absolute Gasteiger partial charge is 0.262 e. The second-order valence-corrected chi connectivity index (χ2v) is 14.1. The summed E-state index contributed by atoms with van der Waals surface area (Å²) in [7, 11) is 0. The summed E-state index contributed by atoms with van der Waals surface area (Å²) in [6.07, 6.45) is 11.2. The number of pyridine rings is 1. The SMILES string of the molecule is CCCC.Cc1cc(-c2cccc(-c3cc(-c4nc(-c5ccccc5)nc(-c5ccccc5)n4)cc(-c4c5c(cc6ccccc46)CCC=C5)c3)c2)ccn1. The van der Waals surface area contributed by atoms with Crippen molar-refractivity contribution in [3.8, 4) is 67.5 Å². The van der Waals surface area contributed by atoms with Crippen LogP contribution in [0.25, 0.3) is 84.4 Å². The molecule has 1 aliphatic carbocycles. The molecule has 9 rings (SSSR count). The van der Waals surface area contributed by atoms with Gasteiger partial charge in [0.1, 0.15) is 0 Å². The Morgan fingerprint density at radius 3 is 1.71 bits per heavy atom. The van der Waals surface area contributed by atoms with Crippen molar-refractivity contribution in [1.29, 1.82) is 0 Å². The van der Waals surface area contributed by atoms with Gasteiger partial charge in [0, 0.05) is 28.6 Å². The van der Waals surface area contributed by atoms with E-state index in [2.05, 4.69) is 140 Å². The minimum absolute atomic E-state index is 0.636. The van der Waals surface area contributed by atoms with Crippen molar-refractivity contribution in [3.05, 3.63) is 175 Å². The molecule has 0 fully saturated rings. The van der Waals surface area contributed by atoms with Crippen LogP contribution in [-0.4, -0.2) is 19.9 Å². The van der Waals surface area contributed by atoms with Crippen LogP contribution in [0, 0.1) is 6.92 Å². The zero-order valence-electron chi connectivity index (χ0n) is 31.7. The van der Waals surface area contributed by atoms with Crippen molar-refractivity contribution in [2.45, 2.75) is 46.5 Å². The van der Waals surface area contributed by atoms with E-state index in [4.69, 9.17) is 15.0 Å². The summed E-state index contributed by atoms with van der Waals surface area (Å²) >= 11 is 0. The molecule has 0 atom stereocenters. The molecule has 0 aliphatic heterocycles. The maximum absolute atomic E-state index is 5.15. The van der Waals surface area contributed by atoms with Crippen LogP contribution in [0.15, 0.2) is 158 Å². The molecule has 1 aliphatic rings. The molecule has 0 bridgehead atoms. The molecule has 55 heavy (non-hydrogen) atoms. The van der Waals surface area contributed by atoms with E-state index >= 15 is 0 Å². The van der Waals surface area contributed by atoms with Gasteiger partial charge >= 0.3 is 0 Å². The standard InChI is InChI=1S/C47H34N4.C4H10/c1-31-25-36(23-24-48-31)34-19-12-20-35(26-34)39-28-40(44-42-21-10-8-17-37(42)27-38-18-9-11-22-43(38)44)30-41(29-39)47-50-45(32-13-4-2-5-14-32)49-46(51-47)33-15-6-3-7-16-33;1-3-4-2/h2-8,10-17,19-30H,9,18H2,1H3;3-4H2,1-2H3. The molecule has 0 unspecified atom stereocenters. The Bertz CT molecular complexity index is 2570. The van der Waals surface area contributed by atoms with Crippen molar-refractivity contribution < 1.29 is 0 Å². The fraction of sp³-hybridized carbons (Fsp3) is 0.137. The van der Waals surface area contributed by atoms with Gasteiger partial charge in [-0.3, -0.25) is 4.98 Å². The summed E-state index contributed by atoms with van der Waals surface area (Å²) in [5.41, 5.74) is 13.4. The Hall–Kier alpha value is -6.52. The number of fused-ring (bicyclic) bond motifs is 2. The smallest absolute Gasteiger partial charge is 0.164 e. The third-order valence-corrected chi connectivity index (χ3v) is 10.1. The minimum Gasteiger partial charge on any atom is -0.262 e. The number of allylic oxidation sites excluding steroid dienone is 1. The van der Waals surface area contributed by atoms with E-state index in [-0.39, 0.29) is 0 Å². The average molecular weight is 713 g/mol. The molecule has 4 nitrogen and oxygen atoms in total. The summed E-state index contributed by atoms with van der Waals surface area (Å²) in [5.74, 6) is 1.93. The molecule has 0 saturated carbocycles. The van der Waals surface area contributed by atoms with Crippen molar-refractivity contribution in [3.63, 3.8) is 0 Å². The maximum Gasteiger partial charge on any atom is 0.164 e. The van der Waals surface area contributed by atoms with E-state index in [0.29, 0.717) is 17.5 Å². The van der Waals surface area contributed by atoms with Gasteiger partial charge in [0.05, 0.1) is 0 Å². The molecule has 0 N–H and O–H groups in total. The number of rotatable bonds is 7. The molecular formula is C51H44N4. The molecule has 268 valence electrons. The average Bonchev–Trinajstić information content (AvgIpc) is 3.26. The van der Waals surface area contributed by atoms with Gasteiger partial charge in [-0.05, 0) is 111 Å². The molecule has 0 radical (unpaired) electrons. The van der Waals surface area contributed by atoms with E-state index in [9.17, 15) is 0 Å². The van der Waals surface area contributed by atoms with E-state index < -0.39 is 0 Å². The lowest BCUT2D eigenvalue weighted by atomic mass is 9.84. The van der Waals surface area contributed by atoms with Crippen LogP contribution in [0.1, 0.15) is 49.9 Å². The van der Waals surface area contributed by atoms with Crippen LogP contribution in [0.4, 0.5) is 0 Å². The maximum atomic E-state index is 5.15. The van der Waals surface area contributed by atoms with Gasteiger partial charge in [0.15, 0.2) is 17.5 Å². The summed E-state index contributed by atoms with van der Waals surface area (Å²) in [6.45, 7) is 6.39. The Labute approximate surface area is 324 Å². The van der Waals surface area contributed by atoms with Crippen LogP contribution in [-0.2, 0) is 6.42 Å². The lowest BCUT2D eigenvalue weighted by molar-refractivity contribution is 0.886.